The molecule has 2 N–H and O–H groups in total. The quantitative estimate of drug-likeness (QED) is 0.745. The van der Waals surface area contributed by atoms with Gasteiger partial charge in [-0.15, -0.1) is 0 Å². The molecule has 4 nitrogen and oxygen atoms in total. The van der Waals surface area contributed by atoms with E-state index in [0.29, 0.717) is 24.7 Å². The van der Waals surface area contributed by atoms with Crippen LogP contribution in [0.5, 0.6) is 0 Å². The molecule has 1 aliphatic carbocycles. The van der Waals surface area contributed by atoms with Crippen molar-refractivity contribution in [3.63, 3.8) is 0 Å². The maximum absolute atomic E-state index is 11.9. The van der Waals surface area contributed by atoms with Crippen LogP contribution in [0.2, 0.25) is 0 Å². The lowest BCUT2D eigenvalue weighted by Gasteiger charge is -2.39. The fourth-order valence-corrected chi connectivity index (χ4v) is 2.92. The Morgan fingerprint density at radius 3 is 2.78 bits per heavy atom. The Balaban J connectivity index is 1.83. The van der Waals surface area contributed by atoms with E-state index in [1.54, 1.807) is 0 Å². The highest BCUT2D eigenvalue weighted by atomic mass is 16.2. The first-order chi connectivity index (χ1) is 8.70. The zero-order chi connectivity index (χ0) is 13.0. The number of nitrogens with one attached hydrogen (secondary N) is 2. The molecule has 0 aromatic heterocycles. The van der Waals surface area contributed by atoms with Crippen molar-refractivity contribution < 1.29 is 4.79 Å². The van der Waals surface area contributed by atoms with Crippen molar-refractivity contribution in [2.24, 2.45) is 0 Å². The molecule has 2 unspecified atom stereocenters. The molecular weight excluding hydrogens is 226 g/mol. The van der Waals surface area contributed by atoms with Crippen LogP contribution in [0.3, 0.4) is 0 Å². The molecule has 2 fully saturated rings. The molecule has 0 radical (unpaired) electrons. The monoisotopic (exact) mass is 253 g/mol. The van der Waals surface area contributed by atoms with Gasteiger partial charge < -0.3 is 10.6 Å². The molecule has 1 heterocycles. The third-order valence-electron chi connectivity index (χ3n) is 4.06. The summed E-state index contributed by atoms with van der Waals surface area (Å²) in [4.78, 5) is 14.3. The third-order valence-corrected chi connectivity index (χ3v) is 4.06. The summed E-state index contributed by atoms with van der Waals surface area (Å²) in [5.41, 5.74) is 0. The predicted octanol–water partition coefficient (Wildman–Crippen LogP) is 1.12. The lowest BCUT2D eigenvalue weighted by molar-refractivity contribution is -0.123. The predicted molar refractivity (Wildman–Crippen MR) is 73.5 cm³/mol. The number of likely N-dealkylation sites (tertiary alicyclic amines) is 1. The van der Waals surface area contributed by atoms with E-state index in [4.69, 9.17) is 0 Å². The van der Waals surface area contributed by atoms with Crippen LogP contribution in [0, 0.1) is 0 Å². The standard InChI is InChI=1S/C14H27N3O/c1-3-15-11(2)13-6-4-5-9-17(13)10-14(18)16-12-7-8-12/h11-13,15H,3-10H2,1-2H3,(H,16,18). The van der Waals surface area contributed by atoms with Crippen LogP contribution in [0.1, 0.15) is 46.0 Å². The molecule has 2 atom stereocenters. The van der Waals surface area contributed by atoms with Gasteiger partial charge in [-0.05, 0) is 45.7 Å². The van der Waals surface area contributed by atoms with Gasteiger partial charge in [0.25, 0.3) is 0 Å². The summed E-state index contributed by atoms with van der Waals surface area (Å²) >= 11 is 0. The molecule has 1 aliphatic heterocycles. The van der Waals surface area contributed by atoms with Crippen LogP contribution in [0.15, 0.2) is 0 Å². The minimum Gasteiger partial charge on any atom is -0.352 e. The summed E-state index contributed by atoms with van der Waals surface area (Å²) < 4.78 is 0. The first kappa shape index (κ1) is 13.8. The Morgan fingerprint density at radius 2 is 2.11 bits per heavy atom. The summed E-state index contributed by atoms with van der Waals surface area (Å²) in [5.74, 6) is 0.216. The lowest BCUT2D eigenvalue weighted by Crippen LogP contribution is -2.53. The van der Waals surface area contributed by atoms with E-state index in [-0.39, 0.29) is 5.91 Å². The van der Waals surface area contributed by atoms with Crippen LogP contribution in [-0.2, 0) is 4.79 Å². The summed E-state index contributed by atoms with van der Waals surface area (Å²) in [5, 5.41) is 6.59. The maximum Gasteiger partial charge on any atom is 0.234 e. The van der Waals surface area contributed by atoms with E-state index in [0.717, 1.165) is 13.1 Å². The summed E-state index contributed by atoms with van der Waals surface area (Å²) in [6, 6.07) is 1.47. The van der Waals surface area contributed by atoms with Crippen molar-refractivity contribution in [3.05, 3.63) is 0 Å². The summed E-state index contributed by atoms with van der Waals surface area (Å²) in [7, 11) is 0. The molecule has 4 heteroatoms. The van der Waals surface area contributed by atoms with E-state index in [2.05, 4.69) is 29.4 Å². The van der Waals surface area contributed by atoms with Gasteiger partial charge >= 0.3 is 0 Å². The third kappa shape index (κ3) is 3.95. The van der Waals surface area contributed by atoms with E-state index in [9.17, 15) is 4.79 Å². The van der Waals surface area contributed by atoms with E-state index < -0.39 is 0 Å². The smallest absolute Gasteiger partial charge is 0.234 e. The Bertz CT molecular complexity index is 278. The van der Waals surface area contributed by atoms with Crippen molar-refractivity contribution in [1.82, 2.24) is 15.5 Å². The number of carbonyl (C=O) groups is 1. The van der Waals surface area contributed by atoms with Crippen molar-refractivity contribution in [2.75, 3.05) is 19.6 Å². The topological polar surface area (TPSA) is 44.4 Å². The van der Waals surface area contributed by atoms with E-state index >= 15 is 0 Å². The Morgan fingerprint density at radius 1 is 1.33 bits per heavy atom. The molecule has 0 spiro atoms. The number of amides is 1. The minimum atomic E-state index is 0.216. The van der Waals surface area contributed by atoms with Gasteiger partial charge in [0.15, 0.2) is 0 Å². The Kier molecular flexibility index (Phi) is 5.01. The zero-order valence-corrected chi connectivity index (χ0v) is 11.7. The van der Waals surface area contributed by atoms with Crippen molar-refractivity contribution in [3.8, 4) is 0 Å². The molecule has 2 rings (SSSR count). The highest BCUT2D eigenvalue weighted by molar-refractivity contribution is 5.78. The first-order valence-corrected chi connectivity index (χ1v) is 7.47. The van der Waals surface area contributed by atoms with Crippen LogP contribution in [-0.4, -0.2) is 48.6 Å². The van der Waals surface area contributed by atoms with Gasteiger partial charge in [0.2, 0.25) is 5.91 Å². The number of piperidine rings is 1. The number of likely N-dealkylation sites (N-methyl/N-ethyl adjacent to an activating group) is 1. The fourth-order valence-electron chi connectivity index (χ4n) is 2.92. The van der Waals surface area contributed by atoms with Gasteiger partial charge in [0.1, 0.15) is 0 Å². The second kappa shape index (κ2) is 6.53. The molecule has 1 saturated heterocycles. The molecular formula is C14H27N3O. The van der Waals surface area contributed by atoms with E-state index in [1.165, 1.54) is 32.1 Å². The van der Waals surface area contributed by atoms with Gasteiger partial charge in [-0.25, -0.2) is 0 Å². The fraction of sp³-hybridized carbons (Fsp3) is 0.929. The van der Waals surface area contributed by atoms with Crippen LogP contribution < -0.4 is 10.6 Å². The summed E-state index contributed by atoms with van der Waals surface area (Å²) in [6.45, 7) is 7.03. The zero-order valence-electron chi connectivity index (χ0n) is 11.7. The van der Waals surface area contributed by atoms with Crippen molar-refractivity contribution in [1.29, 1.82) is 0 Å². The van der Waals surface area contributed by atoms with Gasteiger partial charge in [0.05, 0.1) is 6.54 Å². The minimum absolute atomic E-state index is 0.216. The SMILES string of the molecule is CCNC(C)C1CCCCN1CC(=O)NC1CC1. The molecule has 0 aromatic rings. The van der Waals surface area contributed by atoms with Crippen molar-refractivity contribution in [2.45, 2.75) is 64.1 Å². The van der Waals surface area contributed by atoms with Gasteiger partial charge in [-0.3, -0.25) is 9.69 Å². The highest BCUT2D eigenvalue weighted by Gasteiger charge is 2.30. The second-order valence-electron chi connectivity index (χ2n) is 5.72. The van der Waals surface area contributed by atoms with Gasteiger partial charge in [0, 0.05) is 18.1 Å². The average molecular weight is 253 g/mol. The first-order valence-electron chi connectivity index (χ1n) is 7.47. The molecule has 18 heavy (non-hydrogen) atoms. The molecule has 2 aliphatic rings. The highest BCUT2D eigenvalue weighted by Crippen LogP contribution is 2.21. The van der Waals surface area contributed by atoms with Gasteiger partial charge in [-0.2, -0.15) is 0 Å². The number of hydrogen-bond acceptors (Lipinski definition) is 3. The molecule has 0 bridgehead atoms. The van der Waals surface area contributed by atoms with E-state index in [1.807, 2.05) is 0 Å². The largest absolute Gasteiger partial charge is 0.352 e. The molecule has 1 amide bonds. The molecule has 1 saturated carbocycles. The second-order valence-corrected chi connectivity index (χ2v) is 5.72. The van der Waals surface area contributed by atoms with Crippen molar-refractivity contribution >= 4 is 5.91 Å². The summed E-state index contributed by atoms with van der Waals surface area (Å²) in [6.07, 6.45) is 6.07. The number of hydrogen-bond donors (Lipinski definition) is 2. The number of carbonyl (C=O) groups excluding carboxylic acids is 1. The van der Waals surface area contributed by atoms with Crippen LogP contribution >= 0.6 is 0 Å². The normalized spacial score (nSPS) is 26.9. The lowest BCUT2D eigenvalue weighted by atomic mass is 9.96. The van der Waals surface area contributed by atoms with Crippen LogP contribution in [0.25, 0.3) is 0 Å². The molecule has 0 aromatic carbocycles. The van der Waals surface area contributed by atoms with Crippen LogP contribution in [0.4, 0.5) is 0 Å². The average Bonchev–Trinajstić information content (AvgIpc) is 3.13. The Labute approximate surface area is 110 Å². The molecule has 104 valence electrons. The number of nitrogens with zero attached hydrogens (tertiary/aromatic N) is 1. The Hall–Kier alpha value is -0.610. The maximum atomic E-state index is 11.9. The van der Waals surface area contributed by atoms with Gasteiger partial charge in [-0.1, -0.05) is 13.3 Å². The number of rotatable bonds is 6.